The van der Waals surface area contributed by atoms with E-state index < -0.39 is 0 Å². The number of nitrogens with one attached hydrogen (secondary N) is 1. The highest BCUT2D eigenvalue weighted by Crippen LogP contribution is 2.26. The van der Waals surface area contributed by atoms with Crippen molar-refractivity contribution in [3.05, 3.63) is 12.7 Å². The maximum absolute atomic E-state index is 3.85. The van der Waals surface area contributed by atoms with Crippen LogP contribution in [0.15, 0.2) is 12.7 Å². The summed E-state index contributed by atoms with van der Waals surface area (Å²) in [5.41, 5.74) is 0. The summed E-state index contributed by atoms with van der Waals surface area (Å²) in [6, 6.07) is 0.755. The van der Waals surface area contributed by atoms with Gasteiger partial charge in [0.05, 0.1) is 0 Å². The lowest BCUT2D eigenvalue weighted by Gasteiger charge is -2.24. The van der Waals surface area contributed by atoms with Crippen molar-refractivity contribution in [3.63, 3.8) is 0 Å². The molecule has 2 unspecified atom stereocenters. The van der Waals surface area contributed by atoms with E-state index in [1.54, 1.807) is 0 Å². The second-order valence-electron chi connectivity index (χ2n) is 4.09. The molecule has 0 radical (unpaired) electrons. The molecule has 1 N–H and O–H groups in total. The first-order valence-corrected chi connectivity index (χ1v) is 5.72. The van der Waals surface area contributed by atoms with E-state index in [0.29, 0.717) is 0 Å². The van der Waals surface area contributed by atoms with Crippen LogP contribution in [0.5, 0.6) is 0 Å². The molecule has 0 aromatic heterocycles. The maximum atomic E-state index is 3.85. The van der Waals surface area contributed by atoms with Crippen LogP contribution in [0.3, 0.4) is 0 Å². The van der Waals surface area contributed by atoms with Crippen molar-refractivity contribution >= 4 is 0 Å². The van der Waals surface area contributed by atoms with E-state index in [-0.39, 0.29) is 0 Å². The molecule has 0 aliphatic heterocycles. The molecule has 0 saturated heterocycles. The predicted octanol–water partition coefficient (Wildman–Crippen LogP) is 3.12. The quantitative estimate of drug-likeness (QED) is 0.519. The lowest BCUT2D eigenvalue weighted by Crippen LogP contribution is -2.35. The number of hydrogen-bond donors (Lipinski definition) is 1. The monoisotopic (exact) mass is 181 g/mol. The van der Waals surface area contributed by atoms with Crippen molar-refractivity contribution in [2.45, 2.75) is 51.5 Å². The van der Waals surface area contributed by atoms with Crippen molar-refractivity contribution in [2.24, 2.45) is 5.92 Å². The molecule has 1 aliphatic carbocycles. The molecule has 1 aliphatic rings. The maximum Gasteiger partial charge on any atom is 0.00981 e. The van der Waals surface area contributed by atoms with Crippen LogP contribution in [0.25, 0.3) is 0 Å². The molecular formula is C12H23N. The van der Waals surface area contributed by atoms with Gasteiger partial charge in [0.25, 0.3) is 0 Å². The summed E-state index contributed by atoms with van der Waals surface area (Å²) in [7, 11) is 0. The van der Waals surface area contributed by atoms with Crippen LogP contribution >= 0.6 is 0 Å². The Kier molecular flexibility index (Phi) is 5.14. The summed E-state index contributed by atoms with van der Waals surface area (Å²) in [6.45, 7) is 7.17. The smallest absolute Gasteiger partial charge is 0.00981 e. The van der Waals surface area contributed by atoms with E-state index >= 15 is 0 Å². The highest BCUT2D eigenvalue weighted by Gasteiger charge is 2.21. The van der Waals surface area contributed by atoms with E-state index in [1.165, 1.54) is 38.5 Å². The van der Waals surface area contributed by atoms with Gasteiger partial charge in [-0.3, -0.25) is 0 Å². The van der Waals surface area contributed by atoms with Crippen LogP contribution in [0.2, 0.25) is 0 Å². The Bertz CT molecular complexity index is 142. The Morgan fingerprint density at radius 3 is 2.77 bits per heavy atom. The van der Waals surface area contributed by atoms with Gasteiger partial charge in [-0.2, -0.15) is 0 Å². The van der Waals surface area contributed by atoms with Crippen LogP contribution in [-0.4, -0.2) is 12.6 Å². The van der Waals surface area contributed by atoms with Gasteiger partial charge in [0.1, 0.15) is 0 Å². The van der Waals surface area contributed by atoms with Crippen molar-refractivity contribution in [1.29, 1.82) is 0 Å². The largest absolute Gasteiger partial charge is 0.314 e. The molecule has 13 heavy (non-hydrogen) atoms. The summed E-state index contributed by atoms with van der Waals surface area (Å²) < 4.78 is 0. The first kappa shape index (κ1) is 10.8. The minimum atomic E-state index is 0.755. The van der Waals surface area contributed by atoms with Crippen LogP contribution in [0, 0.1) is 5.92 Å². The lowest BCUT2D eigenvalue weighted by molar-refractivity contribution is 0.342. The van der Waals surface area contributed by atoms with E-state index in [4.69, 9.17) is 0 Å². The topological polar surface area (TPSA) is 12.0 Å². The highest BCUT2D eigenvalue weighted by molar-refractivity contribution is 4.84. The van der Waals surface area contributed by atoms with E-state index in [2.05, 4.69) is 24.9 Å². The molecular weight excluding hydrogens is 158 g/mol. The molecule has 2 atom stereocenters. The first-order valence-electron chi connectivity index (χ1n) is 5.72. The summed E-state index contributed by atoms with van der Waals surface area (Å²) in [4.78, 5) is 0. The fraction of sp³-hybridized carbons (Fsp3) is 0.833. The predicted molar refractivity (Wildman–Crippen MR) is 58.9 cm³/mol. The Hall–Kier alpha value is -0.300. The average molecular weight is 181 g/mol. The molecule has 76 valence electrons. The van der Waals surface area contributed by atoms with Gasteiger partial charge in [0, 0.05) is 6.04 Å². The molecule has 1 heteroatoms. The summed E-state index contributed by atoms with van der Waals surface area (Å²) in [6.07, 6.45) is 10.3. The normalized spacial score (nSPS) is 29.6. The fourth-order valence-corrected chi connectivity index (χ4v) is 2.41. The summed E-state index contributed by atoms with van der Waals surface area (Å²) in [5.74, 6) is 0.847. The van der Waals surface area contributed by atoms with E-state index in [0.717, 1.165) is 18.5 Å². The van der Waals surface area contributed by atoms with Gasteiger partial charge in [-0.15, -0.1) is 6.58 Å². The SMILES string of the molecule is C=CCC1CCCCCC1NCC. The zero-order chi connectivity index (χ0) is 9.52. The highest BCUT2D eigenvalue weighted by atomic mass is 14.9. The number of rotatable bonds is 4. The standard InChI is InChI=1S/C12H23N/c1-3-8-11-9-6-5-7-10-12(11)13-4-2/h3,11-13H,1,4-10H2,2H3. The third kappa shape index (κ3) is 3.51. The van der Waals surface area contributed by atoms with E-state index in [9.17, 15) is 0 Å². The van der Waals surface area contributed by atoms with Crippen molar-refractivity contribution < 1.29 is 0 Å². The van der Waals surface area contributed by atoms with Crippen molar-refractivity contribution in [1.82, 2.24) is 5.32 Å². The zero-order valence-electron chi connectivity index (χ0n) is 8.89. The van der Waals surface area contributed by atoms with Crippen molar-refractivity contribution in [2.75, 3.05) is 6.54 Å². The molecule has 0 spiro atoms. The Morgan fingerprint density at radius 2 is 2.08 bits per heavy atom. The molecule has 1 nitrogen and oxygen atoms in total. The molecule has 0 aromatic rings. The number of allylic oxidation sites excluding steroid dienone is 1. The summed E-state index contributed by atoms with van der Waals surface area (Å²) >= 11 is 0. The van der Waals surface area contributed by atoms with Crippen molar-refractivity contribution in [3.8, 4) is 0 Å². The number of hydrogen-bond acceptors (Lipinski definition) is 1. The molecule has 0 aromatic carbocycles. The Labute approximate surface area is 82.6 Å². The van der Waals surface area contributed by atoms with Gasteiger partial charge in [-0.1, -0.05) is 32.3 Å². The lowest BCUT2D eigenvalue weighted by atomic mass is 9.91. The summed E-state index contributed by atoms with van der Waals surface area (Å²) in [5, 5.41) is 3.61. The second-order valence-corrected chi connectivity index (χ2v) is 4.09. The minimum Gasteiger partial charge on any atom is -0.314 e. The van der Waals surface area contributed by atoms with Crippen LogP contribution in [0.1, 0.15) is 45.4 Å². The zero-order valence-corrected chi connectivity index (χ0v) is 8.89. The fourth-order valence-electron chi connectivity index (χ4n) is 2.41. The first-order chi connectivity index (χ1) is 6.38. The second kappa shape index (κ2) is 6.20. The molecule has 1 rings (SSSR count). The van der Waals surface area contributed by atoms with Gasteiger partial charge in [-0.05, 0) is 31.7 Å². The molecule has 0 amide bonds. The van der Waals surface area contributed by atoms with Gasteiger partial charge >= 0.3 is 0 Å². The minimum absolute atomic E-state index is 0.755. The molecule has 0 bridgehead atoms. The van der Waals surface area contributed by atoms with Crippen LogP contribution in [0.4, 0.5) is 0 Å². The average Bonchev–Trinajstić information content (AvgIpc) is 2.33. The third-order valence-electron chi connectivity index (χ3n) is 3.09. The van der Waals surface area contributed by atoms with Gasteiger partial charge in [-0.25, -0.2) is 0 Å². The van der Waals surface area contributed by atoms with Gasteiger partial charge in [0.2, 0.25) is 0 Å². The Balaban J connectivity index is 2.44. The molecule has 1 fully saturated rings. The van der Waals surface area contributed by atoms with Gasteiger partial charge < -0.3 is 5.32 Å². The van der Waals surface area contributed by atoms with Crippen LogP contribution in [-0.2, 0) is 0 Å². The van der Waals surface area contributed by atoms with Gasteiger partial charge in [0.15, 0.2) is 0 Å². The van der Waals surface area contributed by atoms with Crippen LogP contribution < -0.4 is 5.32 Å². The van der Waals surface area contributed by atoms with E-state index in [1.807, 2.05) is 0 Å². The Morgan fingerprint density at radius 1 is 1.31 bits per heavy atom. The molecule has 0 heterocycles. The third-order valence-corrected chi connectivity index (χ3v) is 3.09. The molecule has 1 saturated carbocycles.